The summed E-state index contributed by atoms with van der Waals surface area (Å²) >= 11 is 0. The number of hydrogen-bond acceptors (Lipinski definition) is 10. The fourth-order valence-corrected chi connectivity index (χ4v) is 4.21. The smallest absolute Gasteiger partial charge is 0.243 e. The van der Waals surface area contributed by atoms with Crippen molar-refractivity contribution in [3.05, 3.63) is 61.0 Å². The van der Waals surface area contributed by atoms with Crippen LogP contribution in [-0.2, 0) is 16.4 Å². The van der Waals surface area contributed by atoms with Crippen molar-refractivity contribution in [1.82, 2.24) is 34.7 Å². The first kappa shape index (κ1) is 23.9. The minimum Gasteiger partial charge on any atom is -0.494 e. The number of methoxy groups -OCH3 is 2. The van der Waals surface area contributed by atoms with Crippen molar-refractivity contribution >= 4 is 16.0 Å². The maximum absolute atomic E-state index is 13.2. The maximum Gasteiger partial charge on any atom is 0.243 e. The van der Waals surface area contributed by atoms with Gasteiger partial charge in [0.25, 0.3) is 0 Å². The average molecular weight is 501 g/mol. The average Bonchev–Trinajstić information content (AvgIpc) is 3.27. The lowest BCUT2D eigenvalue weighted by molar-refractivity contribution is 0.391. The Morgan fingerprint density at radius 1 is 1.03 bits per heavy atom. The predicted octanol–water partition coefficient (Wildman–Crippen LogP) is 2.04. The number of rotatable bonds is 9. The van der Waals surface area contributed by atoms with Gasteiger partial charge in [0.1, 0.15) is 29.3 Å². The van der Waals surface area contributed by atoms with Gasteiger partial charge in [-0.2, -0.15) is 0 Å². The predicted molar refractivity (Wildman–Crippen MR) is 123 cm³/mol. The molecule has 182 valence electrons. The molecule has 3 aromatic heterocycles. The summed E-state index contributed by atoms with van der Waals surface area (Å²) in [6, 6.07) is 5.11. The number of aromatic nitrogens is 7. The van der Waals surface area contributed by atoms with Crippen molar-refractivity contribution in [3.8, 4) is 28.6 Å². The fourth-order valence-electron chi connectivity index (χ4n) is 3.25. The second-order valence-corrected chi connectivity index (χ2v) is 9.40. The van der Waals surface area contributed by atoms with Crippen molar-refractivity contribution in [1.29, 1.82) is 0 Å². The molecule has 4 aromatic rings. The molecule has 0 saturated heterocycles. The number of nitrogens with zero attached hydrogens (tertiary/aromatic N) is 7. The lowest BCUT2D eigenvalue weighted by atomic mass is 10.2. The van der Waals surface area contributed by atoms with E-state index in [1.54, 1.807) is 18.2 Å². The van der Waals surface area contributed by atoms with E-state index in [-0.39, 0.29) is 24.0 Å². The molecule has 14 heteroatoms. The third-order valence-electron chi connectivity index (χ3n) is 5.01. The minimum absolute atomic E-state index is 0.0545. The molecule has 3 heterocycles. The van der Waals surface area contributed by atoms with Crippen LogP contribution in [0.2, 0.25) is 0 Å². The van der Waals surface area contributed by atoms with Gasteiger partial charge < -0.3 is 9.47 Å². The summed E-state index contributed by atoms with van der Waals surface area (Å²) in [5.41, 5.74) is 0.847. The number of hydrogen-bond donors (Lipinski definition) is 1. The zero-order valence-electron chi connectivity index (χ0n) is 19.0. The lowest BCUT2D eigenvalue weighted by Crippen LogP contribution is -2.29. The van der Waals surface area contributed by atoms with E-state index in [2.05, 4.69) is 34.9 Å². The van der Waals surface area contributed by atoms with Crippen LogP contribution in [0.25, 0.3) is 17.1 Å². The quantitative estimate of drug-likeness (QED) is 0.362. The molecule has 35 heavy (non-hydrogen) atoms. The highest BCUT2D eigenvalue weighted by Gasteiger charge is 2.28. The first-order valence-corrected chi connectivity index (χ1v) is 11.8. The van der Waals surface area contributed by atoms with Crippen LogP contribution in [-0.4, -0.2) is 62.6 Å². The topological polar surface area (TPSA) is 147 Å². The highest BCUT2D eigenvalue weighted by molar-refractivity contribution is 7.93. The molecular formula is C21H21FN8O4S. The molecule has 1 aromatic carbocycles. The maximum atomic E-state index is 13.2. The number of halogens is 1. The standard InChI is InChI=1S/C21H21FN8O4S/c1-13(7-18-25-10-15(22)11-26-18)35(31,32)29-21-28-27-20(14-8-23-12-24-9-14)30(21)19-16(33-2)5-4-6-17(19)34-3/h4-6,8-13H,7H2,1-3H3,(H,28,29). The second kappa shape index (κ2) is 9.97. The summed E-state index contributed by atoms with van der Waals surface area (Å²) in [7, 11) is -1.07. The highest BCUT2D eigenvalue weighted by atomic mass is 32.2. The van der Waals surface area contributed by atoms with E-state index >= 15 is 0 Å². The molecule has 0 saturated carbocycles. The summed E-state index contributed by atoms with van der Waals surface area (Å²) in [4.78, 5) is 15.7. The highest BCUT2D eigenvalue weighted by Crippen LogP contribution is 2.37. The molecule has 1 atom stereocenters. The van der Waals surface area contributed by atoms with E-state index in [4.69, 9.17) is 9.47 Å². The van der Waals surface area contributed by atoms with Gasteiger partial charge >= 0.3 is 0 Å². The number of benzene rings is 1. The lowest BCUT2D eigenvalue weighted by Gasteiger charge is -2.18. The molecule has 0 bridgehead atoms. The Labute approximate surface area is 200 Å². The SMILES string of the molecule is COc1cccc(OC)c1-n1c(NS(=O)(=O)C(C)Cc2ncc(F)cn2)nnc1-c1cncnc1. The number of sulfonamides is 1. The fraction of sp³-hybridized carbons (Fsp3) is 0.238. The van der Waals surface area contributed by atoms with E-state index in [1.807, 2.05) is 0 Å². The van der Waals surface area contributed by atoms with E-state index in [1.165, 1.54) is 44.4 Å². The monoisotopic (exact) mass is 500 g/mol. The van der Waals surface area contributed by atoms with Gasteiger partial charge in [0.05, 0.1) is 37.4 Å². The zero-order valence-corrected chi connectivity index (χ0v) is 19.8. The molecule has 0 aliphatic rings. The molecule has 0 aliphatic carbocycles. The Morgan fingerprint density at radius 2 is 1.66 bits per heavy atom. The van der Waals surface area contributed by atoms with Crippen LogP contribution >= 0.6 is 0 Å². The van der Waals surface area contributed by atoms with Crippen LogP contribution < -0.4 is 14.2 Å². The second-order valence-electron chi connectivity index (χ2n) is 7.30. The van der Waals surface area contributed by atoms with Gasteiger partial charge in [-0.25, -0.2) is 32.7 Å². The Hall–Kier alpha value is -4.20. The Bertz CT molecular complexity index is 1390. The Balaban J connectivity index is 1.79. The zero-order chi connectivity index (χ0) is 25.0. The molecule has 1 N–H and O–H groups in total. The summed E-state index contributed by atoms with van der Waals surface area (Å²) in [5, 5.41) is 7.28. The number of nitrogens with one attached hydrogen (secondary N) is 1. The van der Waals surface area contributed by atoms with Crippen LogP contribution in [0.1, 0.15) is 12.7 Å². The molecule has 0 spiro atoms. The minimum atomic E-state index is -4.02. The van der Waals surface area contributed by atoms with Gasteiger partial charge in [0, 0.05) is 18.8 Å². The van der Waals surface area contributed by atoms with Gasteiger partial charge in [-0.1, -0.05) is 6.07 Å². The van der Waals surface area contributed by atoms with E-state index in [0.29, 0.717) is 22.7 Å². The third kappa shape index (κ3) is 5.01. The molecule has 0 fully saturated rings. The normalized spacial score (nSPS) is 12.2. The van der Waals surface area contributed by atoms with Gasteiger partial charge in [0.2, 0.25) is 16.0 Å². The summed E-state index contributed by atoms with van der Waals surface area (Å²) in [6.45, 7) is 1.48. The molecule has 0 radical (unpaired) electrons. The molecule has 12 nitrogen and oxygen atoms in total. The Morgan fingerprint density at radius 3 is 2.26 bits per heavy atom. The summed E-state index contributed by atoms with van der Waals surface area (Å²) in [6.07, 6.45) is 6.30. The van der Waals surface area contributed by atoms with Crippen molar-refractivity contribution in [2.75, 3.05) is 18.9 Å². The van der Waals surface area contributed by atoms with Crippen molar-refractivity contribution in [2.24, 2.45) is 0 Å². The van der Waals surface area contributed by atoms with Gasteiger partial charge in [-0.3, -0.25) is 9.29 Å². The van der Waals surface area contributed by atoms with Gasteiger partial charge in [-0.15, -0.1) is 10.2 Å². The van der Waals surface area contributed by atoms with Crippen LogP contribution in [0.4, 0.5) is 10.3 Å². The van der Waals surface area contributed by atoms with E-state index in [9.17, 15) is 12.8 Å². The van der Waals surface area contributed by atoms with E-state index in [0.717, 1.165) is 12.4 Å². The van der Waals surface area contributed by atoms with Crippen LogP contribution in [0.3, 0.4) is 0 Å². The number of anilines is 1. The van der Waals surface area contributed by atoms with Gasteiger partial charge in [0.15, 0.2) is 11.6 Å². The number of para-hydroxylation sites is 1. The number of ether oxygens (including phenoxy) is 2. The van der Waals surface area contributed by atoms with E-state index < -0.39 is 21.1 Å². The van der Waals surface area contributed by atoms with Crippen molar-refractivity contribution in [2.45, 2.75) is 18.6 Å². The largest absolute Gasteiger partial charge is 0.494 e. The third-order valence-corrected chi connectivity index (χ3v) is 6.71. The van der Waals surface area contributed by atoms with Crippen LogP contribution in [0, 0.1) is 5.82 Å². The molecule has 4 rings (SSSR count). The summed E-state index contributed by atoms with van der Waals surface area (Å²) in [5.74, 6) is 0.475. The van der Waals surface area contributed by atoms with Crippen LogP contribution in [0.15, 0.2) is 49.3 Å². The summed E-state index contributed by atoms with van der Waals surface area (Å²) < 4.78 is 54.5. The van der Waals surface area contributed by atoms with Gasteiger partial charge in [-0.05, 0) is 19.1 Å². The molecular weight excluding hydrogens is 479 g/mol. The molecule has 1 unspecified atom stereocenters. The molecule has 0 amide bonds. The van der Waals surface area contributed by atoms with Crippen molar-refractivity contribution in [3.63, 3.8) is 0 Å². The van der Waals surface area contributed by atoms with Crippen LogP contribution in [0.5, 0.6) is 11.5 Å². The Kier molecular flexibility index (Phi) is 6.82. The first-order chi connectivity index (χ1) is 16.8. The first-order valence-electron chi connectivity index (χ1n) is 10.2. The molecule has 0 aliphatic heterocycles. The van der Waals surface area contributed by atoms with Crippen molar-refractivity contribution < 1.29 is 22.3 Å².